The molecule has 0 atom stereocenters. The first-order valence-electron chi connectivity index (χ1n) is 9.21. The van der Waals surface area contributed by atoms with Crippen molar-refractivity contribution in [2.75, 3.05) is 13.1 Å². The predicted molar refractivity (Wildman–Crippen MR) is 97.8 cm³/mol. The molecule has 2 aromatic heterocycles. The fourth-order valence-electron chi connectivity index (χ4n) is 3.31. The molecule has 1 N–H and O–H groups in total. The second-order valence-corrected chi connectivity index (χ2v) is 6.36. The van der Waals surface area contributed by atoms with E-state index in [-0.39, 0.29) is 11.8 Å². The minimum absolute atomic E-state index is 0.0908. The standard InChI is InChI=1S/C19H25N5O2/c1-3-23(4-2)19(26)16-15-9-5-6-11-24(15)17(22-16)18(25)21-13-14-8-7-10-20-12-14/h7-8,10,12H,3-6,9,11,13H2,1-2H3,(H,21,25). The SMILES string of the molecule is CCN(CC)C(=O)c1nc(C(=O)NCc2cccnc2)n2c1CCCC2. The van der Waals surface area contributed by atoms with Crippen LogP contribution in [0.1, 0.15) is 59.1 Å². The summed E-state index contributed by atoms with van der Waals surface area (Å²) in [5, 5.41) is 2.89. The monoisotopic (exact) mass is 355 g/mol. The Bertz CT molecular complexity index is 781. The fraction of sp³-hybridized carbons (Fsp3) is 0.474. The van der Waals surface area contributed by atoms with Crippen LogP contribution in [0.5, 0.6) is 0 Å². The molecule has 2 amide bonds. The summed E-state index contributed by atoms with van der Waals surface area (Å²) in [6, 6.07) is 3.74. The number of imidazole rings is 1. The van der Waals surface area contributed by atoms with Crippen LogP contribution in [0.25, 0.3) is 0 Å². The van der Waals surface area contributed by atoms with Gasteiger partial charge in [-0.2, -0.15) is 0 Å². The number of carbonyl (C=O) groups excluding carboxylic acids is 2. The van der Waals surface area contributed by atoms with Crippen LogP contribution < -0.4 is 5.32 Å². The number of nitrogens with zero attached hydrogens (tertiary/aromatic N) is 4. The highest BCUT2D eigenvalue weighted by atomic mass is 16.2. The average Bonchev–Trinajstić information content (AvgIpc) is 3.07. The van der Waals surface area contributed by atoms with E-state index in [2.05, 4.69) is 15.3 Å². The molecule has 0 aliphatic carbocycles. The van der Waals surface area contributed by atoms with Gasteiger partial charge in [-0.3, -0.25) is 14.6 Å². The van der Waals surface area contributed by atoms with Gasteiger partial charge >= 0.3 is 0 Å². The van der Waals surface area contributed by atoms with E-state index in [0.29, 0.717) is 31.2 Å². The van der Waals surface area contributed by atoms with Crippen LogP contribution in [-0.4, -0.2) is 44.3 Å². The number of hydrogen-bond donors (Lipinski definition) is 1. The highest BCUT2D eigenvalue weighted by molar-refractivity contribution is 5.97. The number of fused-ring (bicyclic) bond motifs is 1. The minimum atomic E-state index is -0.254. The first kappa shape index (κ1) is 18.1. The molecule has 3 heterocycles. The van der Waals surface area contributed by atoms with Gasteiger partial charge in [-0.25, -0.2) is 4.98 Å². The van der Waals surface area contributed by atoms with E-state index in [1.165, 1.54) is 0 Å². The second-order valence-electron chi connectivity index (χ2n) is 6.36. The van der Waals surface area contributed by atoms with Gasteiger partial charge in [0.05, 0.1) is 5.69 Å². The molecule has 0 bridgehead atoms. The largest absolute Gasteiger partial charge is 0.345 e. The van der Waals surface area contributed by atoms with Crippen LogP contribution in [0.4, 0.5) is 0 Å². The Balaban J connectivity index is 1.85. The van der Waals surface area contributed by atoms with Crippen LogP contribution in [0.2, 0.25) is 0 Å². The van der Waals surface area contributed by atoms with E-state index in [1.807, 2.05) is 30.5 Å². The maximum Gasteiger partial charge on any atom is 0.287 e. The van der Waals surface area contributed by atoms with Crippen molar-refractivity contribution in [3.63, 3.8) is 0 Å². The first-order chi connectivity index (χ1) is 12.7. The van der Waals surface area contributed by atoms with Gasteiger partial charge in [-0.05, 0) is 44.7 Å². The van der Waals surface area contributed by atoms with E-state index in [0.717, 1.165) is 37.1 Å². The maximum absolute atomic E-state index is 12.8. The third-order valence-electron chi connectivity index (χ3n) is 4.75. The highest BCUT2D eigenvalue weighted by Gasteiger charge is 2.29. The van der Waals surface area contributed by atoms with Crippen molar-refractivity contribution in [3.8, 4) is 0 Å². The van der Waals surface area contributed by atoms with E-state index < -0.39 is 0 Å². The summed E-state index contributed by atoms with van der Waals surface area (Å²) in [4.78, 5) is 35.8. The Hall–Kier alpha value is -2.70. The molecule has 7 nitrogen and oxygen atoms in total. The van der Waals surface area contributed by atoms with Gasteiger partial charge in [0, 0.05) is 38.6 Å². The Morgan fingerprint density at radius 1 is 1.27 bits per heavy atom. The molecule has 0 saturated carbocycles. The number of rotatable bonds is 6. The molecule has 2 aromatic rings. The Morgan fingerprint density at radius 2 is 2.08 bits per heavy atom. The van der Waals surface area contributed by atoms with E-state index in [1.54, 1.807) is 17.3 Å². The molecule has 0 saturated heterocycles. The van der Waals surface area contributed by atoms with Crippen LogP contribution >= 0.6 is 0 Å². The normalized spacial score (nSPS) is 13.2. The molecule has 0 unspecified atom stereocenters. The smallest absolute Gasteiger partial charge is 0.287 e. The van der Waals surface area contributed by atoms with Crippen molar-refractivity contribution in [2.45, 2.75) is 46.2 Å². The topological polar surface area (TPSA) is 80.1 Å². The van der Waals surface area contributed by atoms with Crippen molar-refractivity contribution in [1.29, 1.82) is 0 Å². The predicted octanol–water partition coefficient (Wildman–Crippen LogP) is 2.03. The maximum atomic E-state index is 12.8. The number of carbonyl (C=O) groups is 2. The molecule has 7 heteroatoms. The second kappa shape index (κ2) is 8.12. The summed E-state index contributed by atoms with van der Waals surface area (Å²) >= 11 is 0. The molecule has 0 spiro atoms. The lowest BCUT2D eigenvalue weighted by Gasteiger charge is -2.20. The van der Waals surface area contributed by atoms with Gasteiger partial charge in [-0.15, -0.1) is 0 Å². The molecule has 1 aliphatic heterocycles. The molecule has 3 rings (SSSR count). The van der Waals surface area contributed by atoms with Gasteiger partial charge < -0.3 is 14.8 Å². The number of hydrogen-bond acceptors (Lipinski definition) is 4. The summed E-state index contributed by atoms with van der Waals surface area (Å²) in [6.45, 7) is 6.27. The van der Waals surface area contributed by atoms with Crippen LogP contribution in [-0.2, 0) is 19.5 Å². The molecule has 0 aromatic carbocycles. The molecular weight excluding hydrogens is 330 g/mol. The molecule has 138 valence electrons. The summed E-state index contributed by atoms with van der Waals surface area (Å²) < 4.78 is 1.92. The zero-order valence-electron chi connectivity index (χ0n) is 15.4. The highest BCUT2D eigenvalue weighted by Crippen LogP contribution is 2.22. The third kappa shape index (κ3) is 3.61. The van der Waals surface area contributed by atoms with E-state index in [4.69, 9.17) is 0 Å². The molecule has 1 aliphatic rings. The lowest BCUT2D eigenvalue weighted by molar-refractivity contribution is 0.0766. The Morgan fingerprint density at radius 3 is 2.77 bits per heavy atom. The van der Waals surface area contributed by atoms with Crippen molar-refractivity contribution in [2.24, 2.45) is 0 Å². The van der Waals surface area contributed by atoms with Crippen molar-refractivity contribution >= 4 is 11.8 Å². The van der Waals surface area contributed by atoms with E-state index >= 15 is 0 Å². The molecule has 0 radical (unpaired) electrons. The van der Waals surface area contributed by atoms with Crippen molar-refractivity contribution < 1.29 is 9.59 Å². The van der Waals surface area contributed by atoms with Crippen molar-refractivity contribution in [3.05, 3.63) is 47.3 Å². The molecule has 0 fully saturated rings. The van der Waals surface area contributed by atoms with Gasteiger partial charge in [-0.1, -0.05) is 6.07 Å². The average molecular weight is 355 g/mol. The fourth-order valence-corrected chi connectivity index (χ4v) is 3.31. The van der Waals surface area contributed by atoms with Gasteiger partial charge in [0.25, 0.3) is 11.8 Å². The number of nitrogens with one attached hydrogen (secondary N) is 1. The number of aromatic nitrogens is 3. The lowest BCUT2D eigenvalue weighted by atomic mass is 10.1. The van der Waals surface area contributed by atoms with Gasteiger partial charge in [0.2, 0.25) is 0 Å². The first-order valence-corrected chi connectivity index (χ1v) is 9.21. The summed E-state index contributed by atoms with van der Waals surface area (Å²) in [5.41, 5.74) is 2.24. The molecule has 26 heavy (non-hydrogen) atoms. The quantitative estimate of drug-likeness (QED) is 0.860. The summed E-state index contributed by atoms with van der Waals surface area (Å²) in [6.07, 6.45) is 6.20. The summed E-state index contributed by atoms with van der Waals surface area (Å²) in [7, 11) is 0. The number of pyridine rings is 1. The van der Waals surface area contributed by atoms with Crippen LogP contribution in [0.3, 0.4) is 0 Å². The third-order valence-corrected chi connectivity index (χ3v) is 4.75. The van der Waals surface area contributed by atoms with Gasteiger partial charge in [0.15, 0.2) is 5.82 Å². The van der Waals surface area contributed by atoms with Gasteiger partial charge in [0.1, 0.15) is 5.69 Å². The summed E-state index contributed by atoms with van der Waals surface area (Å²) in [5.74, 6) is -0.0124. The van der Waals surface area contributed by atoms with E-state index in [9.17, 15) is 9.59 Å². The Kier molecular flexibility index (Phi) is 5.65. The molecular formula is C19H25N5O2. The number of amides is 2. The van der Waals surface area contributed by atoms with Crippen LogP contribution in [0.15, 0.2) is 24.5 Å². The van der Waals surface area contributed by atoms with Crippen molar-refractivity contribution in [1.82, 2.24) is 24.8 Å². The lowest BCUT2D eigenvalue weighted by Crippen LogP contribution is -2.31. The van der Waals surface area contributed by atoms with Crippen LogP contribution in [0, 0.1) is 0 Å². The Labute approximate surface area is 153 Å². The minimum Gasteiger partial charge on any atom is -0.345 e. The zero-order valence-corrected chi connectivity index (χ0v) is 15.4. The zero-order chi connectivity index (χ0) is 18.5.